The number of anilines is 1. The molecule has 0 spiro atoms. The van der Waals surface area contributed by atoms with Crippen LogP contribution in [-0.4, -0.2) is 34.3 Å². The van der Waals surface area contributed by atoms with Crippen LogP contribution < -0.4 is 10.6 Å². The van der Waals surface area contributed by atoms with Crippen LogP contribution in [0.15, 0.2) is 18.2 Å². The minimum Gasteiger partial charge on any atom is -0.394 e. The third-order valence-corrected chi connectivity index (χ3v) is 3.33. The molecule has 2 rings (SSSR count). The van der Waals surface area contributed by atoms with Crippen molar-refractivity contribution in [2.45, 2.75) is 25.3 Å². The first-order chi connectivity index (χ1) is 8.22. The maximum atomic E-state index is 9.38. The van der Waals surface area contributed by atoms with Crippen molar-refractivity contribution in [3.63, 3.8) is 0 Å². The van der Waals surface area contributed by atoms with Crippen molar-refractivity contribution in [2.24, 2.45) is 5.73 Å². The Balaban J connectivity index is 2.25. The lowest BCUT2D eigenvalue weighted by atomic mass is 10.0. The lowest BCUT2D eigenvalue weighted by molar-refractivity contribution is 0.239. The second-order valence-electron chi connectivity index (χ2n) is 4.27. The van der Waals surface area contributed by atoms with Crippen LogP contribution in [-0.2, 0) is 0 Å². The summed E-state index contributed by atoms with van der Waals surface area (Å²) in [5.41, 5.74) is 6.22. The molecule has 1 unspecified atom stereocenters. The van der Waals surface area contributed by atoms with Crippen LogP contribution in [0.2, 0.25) is 0 Å². The van der Waals surface area contributed by atoms with Gasteiger partial charge in [-0.2, -0.15) is 0 Å². The van der Waals surface area contributed by atoms with Gasteiger partial charge in [-0.3, -0.25) is 0 Å². The molecule has 17 heavy (non-hydrogen) atoms. The molecule has 1 saturated heterocycles. The van der Waals surface area contributed by atoms with Crippen molar-refractivity contribution in [1.82, 2.24) is 4.98 Å². The highest BCUT2D eigenvalue weighted by molar-refractivity contribution is 7.80. The summed E-state index contributed by atoms with van der Waals surface area (Å²) in [6.45, 7) is 1.10. The Morgan fingerprint density at radius 3 is 3.06 bits per heavy atom. The highest BCUT2D eigenvalue weighted by Gasteiger charge is 2.22. The number of piperidine rings is 1. The van der Waals surface area contributed by atoms with Gasteiger partial charge in [-0.25, -0.2) is 4.98 Å². The fraction of sp³-hybridized carbons (Fsp3) is 0.500. The quantitative estimate of drug-likeness (QED) is 0.787. The minimum atomic E-state index is 0.165. The molecule has 5 heteroatoms. The Labute approximate surface area is 106 Å². The Kier molecular flexibility index (Phi) is 3.91. The first-order valence-electron chi connectivity index (χ1n) is 5.86. The number of thiocarbonyl (C=S) groups is 1. The minimum absolute atomic E-state index is 0.165. The summed E-state index contributed by atoms with van der Waals surface area (Å²) in [6, 6.07) is 5.82. The van der Waals surface area contributed by atoms with E-state index >= 15 is 0 Å². The van der Waals surface area contributed by atoms with Crippen molar-refractivity contribution >= 4 is 23.0 Å². The Morgan fingerprint density at radius 2 is 2.35 bits per heavy atom. The van der Waals surface area contributed by atoms with Gasteiger partial charge in [-0.05, 0) is 31.4 Å². The van der Waals surface area contributed by atoms with Gasteiger partial charge < -0.3 is 15.7 Å². The number of nitrogens with two attached hydrogens (primary N) is 1. The molecule has 0 aliphatic carbocycles. The van der Waals surface area contributed by atoms with Crippen molar-refractivity contribution in [1.29, 1.82) is 0 Å². The molecule has 1 aromatic heterocycles. The highest BCUT2D eigenvalue weighted by atomic mass is 32.1. The van der Waals surface area contributed by atoms with E-state index in [0.717, 1.165) is 31.6 Å². The van der Waals surface area contributed by atoms with Gasteiger partial charge in [-0.1, -0.05) is 18.3 Å². The first kappa shape index (κ1) is 12.3. The van der Waals surface area contributed by atoms with E-state index in [2.05, 4.69) is 9.88 Å². The van der Waals surface area contributed by atoms with Crippen LogP contribution in [0.4, 0.5) is 5.82 Å². The lowest BCUT2D eigenvalue weighted by Gasteiger charge is -2.35. The molecule has 0 bridgehead atoms. The van der Waals surface area contributed by atoms with E-state index in [1.165, 1.54) is 0 Å². The van der Waals surface area contributed by atoms with Crippen LogP contribution in [0, 0.1) is 0 Å². The average Bonchev–Trinajstić information content (AvgIpc) is 2.39. The molecule has 2 heterocycles. The maximum absolute atomic E-state index is 9.38. The van der Waals surface area contributed by atoms with Crippen molar-refractivity contribution in [2.75, 3.05) is 18.1 Å². The number of aromatic nitrogens is 1. The molecule has 1 aliphatic rings. The summed E-state index contributed by atoms with van der Waals surface area (Å²) in [5.74, 6) is 0.856. The number of aliphatic hydroxyl groups excluding tert-OH is 1. The molecule has 1 fully saturated rings. The molecule has 3 N–H and O–H groups in total. The largest absolute Gasteiger partial charge is 0.394 e. The second-order valence-corrected chi connectivity index (χ2v) is 4.71. The maximum Gasteiger partial charge on any atom is 0.129 e. The van der Waals surface area contributed by atoms with Crippen LogP contribution >= 0.6 is 12.2 Å². The van der Waals surface area contributed by atoms with Crippen LogP contribution in [0.1, 0.15) is 25.0 Å². The average molecular weight is 251 g/mol. The molecule has 0 aromatic carbocycles. The summed E-state index contributed by atoms with van der Waals surface area (Å²) >= 11 is 4.93. The summed E-state index contributed by atoms with van der Waals surface area (Å²) in [4.78, 5) is 6.90. The Bertz CT molecular complexity index is 410. The predicted molar refractivity (Wildman–Crippen MR) is 72.2 cm³/mol. The van der Waals surface area contributed by atoms with E-state index in [1.54, 1.807) is 0 Å². The molecule has 1 atom stereocenters. The van der Waals surface area contributed by atoms with Crippen LogP contribution in [0.3, 0.4) is 0 Å². The fourth-order valence-corrected chi connectivity index (χ4v) is 2.33. The van der Waals surface area contributed by atoms with Gasteiger partial charge in [0.05, 0.1) is 18.3 Å². The summed E-state index contributed by atoms with van der Waals surface area (Å²) in [7, 11) is 0. The molecular weight excluding hydrogens is 234 g/mol. The van der Waals surface area contributed by atoms with Gasteiger partial charge in [0.2, 0.25) is 0 Å². The van der Waals surface area contributed by atoms with Gasteiger partial charge >= 0.3 is 0 Å². The molecule has 4 nitrogen and oxygen atoms in total. The number of aliphatic hydroxyl groups is 1. The highest BCUT2D eigenvalue weighted by Crippen LogP contribution is 2.22. The molecule has 0 saturated carbocycles. The zero-order chi connectivity index (χ0) is 12.3. The van der Waals surface area contributed by atoms with Gasteiger partial charge in [0, 0.05) is 6.54 Å². The Morgan fingerprint density at radius 1 is 1.53 bits per heavy atom. The lowest BCUT2D eigenvalue weighted by Crippen LogP contribution is -2.42. The molecule has 0 amide bonds. The fourth-order valence-electron chi connectivity index (χ4n) is 2.21. The van der Waals surface area contributed by atoms with Crippen molar-refractivity contribution in [3.8, 4) is 0 Å². The zero-order valence-electron chi connectivity index (χ0n) is 9.67. The van der Waals surface area contributed by atoms with E-state index in [0.29, 0.717) is 10.7 Å². The second kappa shape index (κ2) is 5.42. The molecule has 1 aliphatic heterocycles. The summed E-state index contributed by atoms with van der Waals surface area (Å²) < 4.78 is 0. The van der Waals surface area contributed by atoms with E-state index < -0.39 is 0 Å². The van der Waals surface area contributed by atoms with E-state index in [-0.39, 0.29) is 12.6 Å². The number of rotatable bonds is 3. The van der Waals surface area contributed by atoms with Crippen molar-refractivity contribution in [3.05, 3.63) is 23.9 Å². The van der Waals surface area contributed by atoms with E-state index in [1.807, 2.05) is 18.2 Å². The third kappa shape index (κ3) is 2.73. The molecular formula is C12H17N3OS. The van der Waals surface area contributed by atoms with E-state index in [4.69, 9.17) is 18.0 Å². The van der Waals surface area contributed by atoms with Crippen LogP contribution in [0.5, 0.6) is 0 Å². The smallest absolute Gasteiger partial charge is 0.129 e. The SMILES string of the molecule is NC(=S)c1cccc(N2CCCCC2CO)n1. The van der Waals surface area contributed by atoms with E-state index in [9.17, 15) is 5.11 Å². The first-order valence-corrected chi connectivity index (χ1v) is 6.27. The normalized spacial score (nSPS) is 20.3. The molecule has 1 aromatic rings. The zero-order valence-corrected chi connectivity index (χ0v) is 10.5. The molecule has 92 valence electrons. The number of pyridine rings is 1. The number of hydrogen-bond donors (Lipinski definition) is 2. The molecule has 0 radical (unpaired) electrons. The van der Waals surface area contributed by atoms with Gasteiger partial charge in [0.25, 0.3) is 0 Å². The third-order valence-electron chi connectivity index (χ3n) is 3.12. The standard InChI is InChI=1S/C12H17N3OS/c13-12(17)10-5-3-6-11(14-10)15-7-2-1-4-9(15)8-16/h3,5-6,9,16H,1-2,4,7-8H2,(H2,13,17). The van der Waals surface area contributed by atoms with Crippen LogP contribution in [0.25, 0.3) is 0 Å². The summed E-state index contributed by atoms with van der Waals surface area (Å²) in [6.07, 6.45) is 3.31. The van der Waals surface area contributed by atoms with Gasteiger partial charge in [0.15, 0.2) is 0 Å². The van der Waals surface area contributed by atoms with Gasteiger partial charge in [-0.15, -0.1) is 0 Å². The Hall–Kier alpha value is -1.20. The number of hydrogen-bond acceptors (Lipinski definition) is 4. The monoisotopic (exact) mass is 251 g/mol. The van der Waals surface area contributed by atoms with Crippen molar-refractivity contribution < 1.29 is 5.11 Å². The number of nitrogens with zero attached hydrogens (tertiary/aromatic N) is 2. The topological polar surface area (TPSA) is 62.4 Å². The van der Waals surface area contributed by atoms with Gasteiger partial charge in [0.1, 0.15) is 10.8 Å². The summed E-state index contributed by atoms with van der Waals surface area (Å²) in [5, 5.41) is 9.38. The predicted octanol–water partition coefficient (Wildman–Crippen LogP) is 1.07.